The van der Waals surface area contributed by atoms with Gasteiger partial charge >= 0.3 is 0 Å². The third kappa shape index (κ3) is 4.85. The van der Waals surface area contributed by atoms with Gasteiger partial charge in [0.05, 0.1) is 17.4 Å². The van der Waals surface area contributed by atoms with Gasteiger partial charge in [0.25, 0.3) is 5.91 Å². The summed E-state index contributed by atoms with van der Waals surface area (Å²) in [4.78, 5) is 29.9. The molecule has 1 aliphatic carbocycles. The van der Waals surface area contributed by atoms with Crippen LogP contribution in [0, 0.1) is 11.8 Å². The van der Waals surface area contributed by atoms with E-state index in [1.165, 1.54) is 56.9 Å². The molecule has 204 valence electrons. The van der Waals surface area contributed by atoms with Crippen molar-refractivity contribution in [3.8, 4) is 0 Å². The van der Waals surface area contributed by atoms with Crippen LogP contribution in [0.4, 0.5) is 11.4 Å². The highest BCUT2D eigenvalue weighted by molar-refractivity contribution is 6.05. The van der Waals surface area contributed by atoms with Gasteiger partial charge in [-0.1, -0.05) is 45.6 Å². The summed E-state index contributed by atoms with van der Waals surface area (Å²) in [5.41, 5.74) is 3.31. The fourth-order valence-electron chi connectivity index (χ4n) is 8.21. The lowest BCUT2D eigenvalue weighted by Gasteiger charge is -2.55. The van der Waals surface area contributed by atoms with Crippen molar-refractivity contribution in [3.05, 3.63) is 23.8 Å². The molecule has 37 heavy (non-hydrogen) atoms. The Morgan fingerprint density at radius 3 is 2.70 bits per heavy atom. The van der Waals surface area contributed by atoms with Crippen molar-refractivity contribution in [1.82, 2.24) is 5.32 Å². The minimum absolute atomic E-state index is 0.0265. The maximum absolute atomic E-state index is 13.6. The highest BCUT2D eigenvalue weighted by Gasteiger charge is 2.48. The molecular weight excluding hydrogens is 462 g/mol. The van der Waals surface area contributed by atoms with E-state index in [0.29, 0.717) is 25.0 Å². The fraction of sp³-hybridized carbons (Fsp3) is 0.742. The molecule has 3 fully saturated rings. The van der Waals surface area contributed by atoms with E-state index in [0.717, 1.165) is 36.7 Å². The third-order valence-electron chi connectivity index (χ3n) is 9.95. The van der Waals surface area contributed by atoms with Crippen LogP contribution in [0.5, 0.6) is 0 Å². The second kappa shape index (κ2) is 11.1. The summed E-state index contributed by atoms with van der Waals surface area (Å²) in [6.07, 6.45) is 11.7. The van der Waals surface area contributed by atoms with Crippen LogP contribution in [0.2, 0.25) is 0 Å². The summed E-state index contributed by atoms with van der Waals surface area (Å²) in [6.45, 7) is 10.5. The number of anilines is 2. The summed E-state index contributed by atoms with van der Waals surface area (Å²) in [5, 5.41) is 4.15. The first-order valence-corrected chi connectivity index (χ1v) is 15.0. The average molecular weight is 510 g/mol. The standard InChI is InChI=1S/C31H47N3O3/c1-5-10-25(6-2)31-15-8-7-11-26(31)17-24(19-32-31)23-13-14-27-28(18-23)33(20-21(3)34(27)22(4)35)30(36)29-12-9-16-37-29/h13-14,18,21,24-26,29,32H,5-12,15-17,19-20H2,1-4H3. The molecule has 0 spiro atoms. The number of hydrogen-bond donors (Lipinski definition) is 1. The van der Waals surface area contributed by atoms with Crippen LogP contribution in [0.15, 0.2) is 18.2 Å². The number of nitrogens with one attached hydrogen (secondary N) is 1. The Morgan fingerprint density at radius 1 is 1.16 bits per heavy atom. The second-order valence-electron chi connectivity index (χ2n) is 12.1. The Morgan fingerprint density at radius 2 is 2.00 bits per heavy atom. The van der Waals surface area contributed by atoms with E-state index in [-0.39, 0.29) is 29.5 Å². The van der Waals surface area contributed by atoms with E-state index in [9.17, 15) is 9.59 Å². The summed E-state index contributed by atoms with van der Waals surface area (Å²) in [7, 11) is 0. The van der Waals surface area contributed by atoms with Crippen LogP contribution in [-0.2, 0) is 14.3 Å². The number of fused-ring (bicyclic) bond motifs is 2. The minimum atomic E-state index is -0.365. The Hall–Kier alpha value is -1.92. The number of piperidine rings is 1. The van der Waals surface area contributed by atoms with E-state index in [1.54, 1.807) is 6.92 Å². The molecule has 6 nitrogen and oxygen atoms in total. The molecule has 6 unspecified atom stereocenters. The van der Waals surface area contributed by atoms with Crippen LogP contribution < -0.4 is 15.1 Å². The van der Waals surface area contributed by atoms with Crippen LogP contribution in [0.25, 0.3) is 0 Å². The number of carbonyl (C=O) groups is 2. The molecule has 2 amide bonds. The first-order chi connectivity index (χ1) is 17.9. The lowest BCUT2D eigenvalue weighted by atomic mass is 9.59. The van der Waals surface area contributed by atoms with Crippen LogP contribution in [-0.4, -0.2) is 49.2 Å². The molecule has 0 radical (unpaired) electrons. The molecule has 2 saturated heterocycles. The van der Waals surface area contributed by atoms with Crippen molar-refractivity contribution in [3.63, 3.8) is 0 Å². The number of nitrogens with zero attached hydrogens (tertiary/aromatic N) is 2. The van der Waals surface area contributed by atoms with Crippen molar-refractivity contribution in [2.75, 3.05) is 29.5 Å². The monoisotopic (exact) mass is 509 g/mol. The zero-order valence-corrected chi connectivity index (χ0v) is 23.4. The fourth-order valence-corrected chi connectivity index (χ4v) is 8.21. The topological polar surface area (TPSA) is 61.9 Å². The predicted molar refractivity (Wildman–Crippen MR) is 149 cm³/mol. The minimum Gasteiger partial charge on any atom is -0.368 e. The molecular formula is C31H47N3O3. The SMILES string of the molecule is CCCC(CC)C12CCCCC1CC(c1ccc3c(c1)N(C(=O)C1CCCO1)CC(C)N3C(C)=O)CN2. The number of carbonyl (C=O) groups excluding carboxylic acids is 2. The van der Waals surface area contributed by atoms with E-state index in [4.69, 9.17) is 4.74 Å². The van der Waals surface area contributed by atoms with Gasteiger partial charge in [-0.15, -0.1) is 0 Å². The van der Waals surface area contributed by atoms with Gasteiger partial charge in [-0.05, 0) is 80.9 Å². The van der Waals surface area contributed by atoms with E-state index < -0.39 is 0 Å². The van der Waals surface area contributed by atoms with E-state index >= 15 is 0 Å². The quantitative estimate of drug-likeness (QED) is 0.528. The summed E-state index contributed by atoms with van der Waals surface area (Å²) in [5.74, 6) is 1.94. The molecule has 3 aliphatic heterocycles. The maximum atomic E-state index is 13.6. The zero-order valence-electron chi connectivity index (χ0n) is 23.4. The molecule has 6 heteroatoms. The molecule has 0 aromatic heterocycles. The van der Waals surface area contributed by atoms with Crippen molar-refractivity contribution >= 4 is 23.2 Å². The summed E-state index contributed by atoms with van der Waals surface area (Å²) >= 11 is 0. The number of rotatable bonds is 6. The molecule has 5 rings (SSSR count). The second-order valence-corrected chi connectivity index (χ2v) is 12.1. The van der Waals surface area contributed by atoms with Crippen LogP contribution in [0.1, 0.15) is 103 Å². The first kappa shape index (κ1) is 26.7. The first-order valence-electron chi connectivity index (χ1n) is 15.0. The zero-order chi connectivity index (χ0) is 26.2. The van der Waals surface area contributed by atoms with Crippen molar-refractivity contribution in [1.29, 1.82) is 0 Å². The third-order valence-corrected chi connectivity index (χ3v) is 9.95. The normalized spacial score (nSPS) is 32.5. The molecule has 1 aromatic carbocycles. The highest BCUT2D eigenvalue weighted by atomic mass is 16.5. The Balaban J connectivity index is 1.45. The van der Waals surface area contributed by atoms with Crippen LogP contribution >= 0.6 is 0 Å². The largest absolute Gasteiger partial charge is 0.368 e. The van der Waals surface area contributed by atoms with Gasteiger partial charge in [0.2, 0.25) is 5.91 Å². The van der Waals surface area contributed by atoms with Crippen molar-refractivity contribution in [2.45, 2.75) is 116 Å². The van der Waals surface area contributed by atoms with Gasteiger partial charge in [0.15, 0.2) is 0 Å². The van der Waals surface area contributed by atoms with E-state index in [2.05, 4.69) is 37.4 Å². The Labute approximate surface area is 223 Å². The highest BCUT2D eigenvalue weighted by Crippen LogP contribution is 2.49. The molecule has 6 atom stereocenters. The van der Waals surface area contributed by atoms with Gasteiger partial charge in [-0.2, -0.15) is 0 Å². The number of amides is 2. The van der Waals surface area contributed by atoms with Crippen molar-refractivity contribution < 1.29 is 14.3 Å². The number of hydrogen-bond acceptors (Lipinski definition) is 4. The molecule has 1 saturated carbocycles. The predicted octanol–water partition coefficient (Wildman–Crippen LogP) is 5.79. The molecule has 4 aliphatic rings. The molecule has 1 aromatic rings. The van der Waals surface area contributed by atoms with Gasteiger partial charge < -0.3 is 19.9 Å². The summed E-state index contributed by atoms with van der Waals surface area (Å²) < 4.78 is 5.78. The molecule has 3 heterocycles. The van der Waals surface area contributed by atoms with Crippen molar-refractivity contribution in [2.24, 2.45) is 11.8 Å². The van der Waals surface area contributed by atoms with Gasteiger partial charge in [-0.3, -0.25) is 9.59 Å². The van der Waals surface area contributed by atoms with Crippen LogP contribution in [0.3, 0.4) is 0 Å². The molecule has 0 bridgehead atoms. The van der Waals surface area contributed by atoms with Gasteiger partial charge in [-0.25, -0.2) is 0 Å². The van der Waals surface area contributed by atoms with E-state index in [1.807, 2.05) is 16.7 Å². The molecule has 1 N–H and O–H groups in total. The smallest absolute Gasteiger partial charge is 0.256 e. The van der Waals surface area contributed by atoms with Gasteiger partial charge in [0, 0.05) is 32.2 Å². The van der Waals surface area contributed by atoms with Gasteiger partial charge in [0.1, 0.15) is 6.10 Å². The lowest BCUT2D eigenvalue weighted by molar-refractivity contribution is -0.127. The Bertz CT molecular complexity index is 990. The summed E-state index contributed by atoms with van der Waals surface area (Å²) in [6, 6.07) is 6.46. The average Bonchev–Trinajstić information content (AvgIpc) is 3.45. The Kier molecular flexibility index (Phi) is 7.97. The number of ether oxygens (including phenoxy) is 1. The number of benzene rings is 1. The lowest BCUT2D eigenvalue weighted by Crippen LogP contribution is -2.62. The maximum Gasteiger partial charge on any atom is 0.256 e.